The number of rotatable bonds is 7. The number of carbonyl (C=O) groups excluding carboxylic acids is 2. The van der Waals surface area contributed by atoms with E-state index in [-0.39, 0.29) is 6.61 Å². The quantitative estimate of drug-likeness (QED) is 0.705. The second kappa shape index (κ2) is 10.1. The van der Waals surface area contributed by atoms with E-state index in [9.17, 15) is 9.59 Å². The number of hydrogen-bond acceptors (Lipinski definition) is 6. The summed E-state index contributed by atoms with van der Waals surface area (Å²) < 4.78 is 16.1. The van der Waals surface area contributed by atoms with Gasteiger partial charge in [-0.25, -0.2) is 4.79 Å². The standard InChI is InChI=1S/C23H28N2O5/c1-16-5-4-6-17(2)22(16)29-15-21(26)30-18(3)23(27)24-19-7-9-20(10-8-19)25-11-13-28-14-12-25/h4-10,18H,11-15H2,1-3H3,(H,24,27)/t18-/m1/s1. The van der Waals surface area contributed by atoms with E-state index in [4.69, 9.17) is 14.2 Å². The molecule has 1 saturated heterocycles. The molecule has 0 radical (unpaired) electrons. The van der Waals surface area contributed by atoms with Crippen molar-refractivity contribution in [3.05, 3.63) is 53.6 Å². The smallest absolute Gasteiger partial charge is 0.344 e. The van der Waals surface area contributed by atoms with E-state index in [0.29, 0.717) is 24.7 Å². The minimum Gasteiger partial charge on any atom is -0.481 e. The topological polar surface area (TPSA) is 77.1 Å². The molecule has 1 fully saturated rings. The molecule has 2 aromatic rings. The maximum atomic E-state index is 12.4. The van der Waals surface area contributed by atoms with Crippen molar-refractivity contribution >= 4 is 23.3 Å². The summed E-state index contributed by atoms with van der Waals surface area (Å²) in [5.74, 6) is -0.329. The minimum absolute atomic E-state index is 0.252. The third-order valence-electron chi connectivity index (χ3n) is 4.93. The molecule has 0 aliphatic carbocycles. The zero-order valence-corrected chi connectivity index (χ0v) is 17.6. The second-order valence-electron chi connectivity index (χ2n) is 7.28. The van der Waals surface area contributed by atoms with Crippen LogP contribution in [0.4, 0.5) is 11.4 Å². The molecule has 0 bridgehead atoms. The van der Waals surface area contributed by atoms with Gasteiger partial charge in [0.25, 0.3) is 5.91 Å². The first kappa shape index (κ1) is 21.6. The number of anilines is 2. The fourth-order valence-corrected chi connectivity index (χ4v) is 3.26. The number of para-hydroxylation sites is 1. The summed E-state index contributed by atoms with van der Waals surface area (Å²) in [7, 11) is 0. The van der Waals surface area contributed by atoms with Crippen LogP contribution in [0, 0.1) is 13.8 Å². The highest BCUT2D eigenvalue weighted by Gasteiger charge is 2.19. The zero-order chi connectivity index (χ0) is 21.5. The van der Waals surface area contributed by atoms with Crippen LogP contribution in [0.25, 0.3) is 0 Å². The van der Waals surface area contributed by atoms with Crippen molar-refractivity contribution in [3.8, 4) is 5.75 Å². The molecule has 0 saturated carbocycles. The highest BCUT2D eigenvalue weighted by Crippen LogP contribution is 2.22. The number of esters is 1. The number of morpholine rings is 1. The van der Waals surface area contributed by atoms with Gasteiger partial charge in [-0.15, -0.1) is 0 Å². The fourth-order valence-electron chi connectivity index (χ4n) is 3.26. The van der Waals surface area contributed by atoms with Crippen molar-refractivity contribution in [2.24, 2.45) is 0 Å². The van der Waals surface area contributed by atoms with Crippen molar-refractivity contribution in [1.29, 1.82) is 0 Å². The summed E-state index contributed by atoms with van der Waals surface area (Å²) in [4.78, 5) is 26.7. The maximum absolute atomic E-state index is 12.4. The molecule has 7 nitrogen and oxygen atoms in total. The van der Waals surface area contributed by atoms with E-state index in [0.717, 1.165) is 29.9 Å². The summed E-state index contributed by atoms with van der Waals surface area (Å²) in [5, 5.41) is 2.77. The molecule has 0 spiro atoms. The van der Waals surface area contributed by atoms with E-state index in [2.05, 4.69) is 10.2 Å². The molecular weight excluding hydrogens is 384 g/mol. The molecule has 1 heterocycles. The Balaban J connectivity index is 1.47. The second-order valence-corrected chi connectivity index (χ2v) is 7.28. The fraction of sp³-hybridized carbons (Fsp3) is 0.391. The zero-order valence-electron chi connectivity index (χ0n) is 17.6. The Morgan fingerprint density at radius 3 is 2.33 bits per heavy atom. The van der Waals surface area contributed by atoms with Gasteiger partial charge in [-0.2, -0.15) is 0 Å². The van der Waals surface area contributed by atoms with Crippen molar-refractivity contribution in [2.45, 2.75) is 26.9 Å². The Kier molecular flexibility index (Phi) is 7.30. The number of benzene rings is 2. The van der Waals surface area contributed by atoms with Crippen LogP contribution < -0.4 is 15.0 Å². The van der Waals surface area contributed by atoms with Gasteiger partial charge in [0.1, 0.15) is 5.75 Å². The van der Waals surface area contributed by atoms with Gasteiger partial charge in [-0.05, 0) is 56.2 Å². The Morgan fingerprint density at radius 2 is 1.70 bits per heavy atom. The van der Waals surface area contributed by atoms with E-state index in [1.165, 1.54) is 6.92 Å². The van der Waals surface area contributed by atoms with Crippen LogP contribution in [-0.4, -0.2) is 50.9 Å². The summed E-state index contributed by atoms with van der Waals surface area (Å²) in [6, 6.07) is 13.3. The molecule has 1 amide bonds. The average Bonchev–Trinajstić information content (AvgIpc) is 2.74. The molecule has 2 aromatic carbocycles. The summed E-state index contributed by atoms with van der Waals surface area (Å²) >= 11 is 0. The lowest BCUT2D eigenvalue weighted by Gasteiger charge is -2.28. The Morgan fingerprint density at radius 1 is 1.07 bits per heavy atom. The van der Waals surface area contributed by atoms with E-state index in [1.54, 1.807) is 0 Å². The van der Waals surface area contributed by atoms with Crippen molar-refractivity contribution < 1.29 is 23.8 Å². The molecule has 1 N–H and O–H groups in total. The highest BCUT2D eigenvalue weighted by molar-refractivity contribution is 5.95. The molecule has 0 unspecified atom stereocenters. The third kappa shape index (κ3) is 5.73. The lowest BCUT2D eigenvalue weighted by atomic mass is 10.1. The highest BCUT2D eigenvalue weighted by atomic mass is 16.6. The van der Waals surface area contributed by atoms with Crippen LogP contribution in [0.1, 0.15) is 18.1 Å². The number of hydrogen-bond donors (Lipinski definition) is 1. The van der Waals surface area contributed by atoms with Gasteiger partial charge in [0.05, 0.1) is 13.2 Å². The molecule has 30 heavy (non-hydrogen) atoms. The van der Waals surface area contributed by atoms with Gasteiger partial charge in [0.15, 0.2) is 12.7 Å². The monoisotopic (exact) mass is 412 g/mol. The molecular formula is C23H28N2O5. The molecule has 7 heteroatoms. The number of ether oxygens (including phenoxy) is 3. The molecule has 1 aliphatic heterocycles. The van der Waals surface area contributed by atoms with Gasteiger partial charge in [-0.1, -0.05) is 18.2 Å². The normalized spacial score (nSPS) is 14.7. The van der Waals surface area contributed by atoms with Gasteiger partial charge in [0, 0.05) is 24.5 Å². The summed E-state index contributed by atoms with van der Waals surface area (Å²) in [5.41, 5.74) is 3.61. The molecule has 160 valence electrons. The van der Waals surface area contributed by atoms with Gasteiger partial charge >= 0.3 is 5.97 Å². The Bertz CT molecular complexity index is 855. The van der Waals surface area contributed by atoms with Crippen molar-refractivity contribution in [2.75, 3.05) is 43.1 Å². The van der Waals surface area contributed by atoms with Crippen LogP contribution in [-0.2, 0) is 19.1 Å². The van der Waals surface area contributed by atoms with E-state index < -0.39 is 18.0 Å². The first-order valence-electron chi connectivity index (χ1n) is 10.1. The van der Waals surface area contributed by atoms with Crippen molar-refractivity contribution in [1.82, 2.24) is 0 Å². The largest absolute Gasteiger partial charge is 0.481 e. The number of aryl methyl sites for hydroxylation is 2. The molecule has 1 aliphatic rings. The van der Waals surface area contributed by atoms with Crippen molar-refractivity contribution in [3.63, 3.8) is 0 Å². The number of nitrogens with zero attached hydrogens (tertiary/aromatic N) is 1. The van der Waals surface area contributed by atoms with Crippen LogP contribution in [0.3, 0.4) is 0 Å². The lowest BCUT2D eigenvalue weighted by molar-refractivity contribution is -0.155. The minimum atomic E-state index is -0.932. The van der Waals surface area contributed by atoms with Gasteiger partial charge in [0.2, 0.25) is 0 Å². The van der Waals surface area contributed by atoms with Gasteiger partial charge in [-0.3, -0.25) is 4.79 Å². The number of amides is 1. The molecule has 0 aromatic heterocycles. The predicted molar refractivity (Wildman–Crippen MR) is 115 cm³/mol. The van der Waals surface area contributed by atoms with Crippen LogP contribution >= 0.6 is 0 Å². The first-order chi connectivity index (χ1) is 14.4. The van der Waals surface area contributed by atoms with E-state index in [1.807, 2.05) is 56.3 Å². The first-order valence-corrected chi connectivity index (χ1v) is 10.1. The van der Waals surface area contributed by atoms with E-state index >= 15 is 0 Å². The SMILES string of the molecule is Cc1cccc(C)c1OCC(=O)O[C@H](C)C(=O)Nc1ccc(N2CCOCC2)cc1. The number of nitrogens with one attached hydrogen (secondary N) is 1. The van der Waals surface area contributed by atoms with Gasteiger partial charge < -0.3 is 24.4 Å². The Hall–Kier alpha value is -3.06. The lowest BCUT2D eigenvalue weighted by Crippen LogP contribution is -2.36. The molecule has 1 atom stereocenters. The Labute approximate surface area is 176 Å². The molecule has 3 rings (SSSR count). The summed E-state index contributed by atoms with van der Waals surface area (Å²) in [6.45, 7) is 8.24. The summed E-state index contributed by atoms with van der Waals surface area (Å²) in [6.07, 6.45) is -0.932. The number of carbonyl (C=O) groups is 2. The average molecular weight is 412 g/mol. The van der Waals surface area contributed by atoms with Crippen LogP contribution in [0.2, 0.25) is 0 Å². The van der Waals surface area contributed by atoms with Crippen LogP contribution in [0.5, 0.6) is 5.75 Å². The third-order valence-corrected chi connectivity index (χ3v) is 4.93. The van der Waals surface area contributed by atoms with Crippen LogP contribution in [0.15, 0.2) is 42.5 Å². The maximum Gasteiger partial charge on any atom is 0.344 e. The predicted octanol–water partition coefficient (Wildman–Crippen LogP) is 3.09.